The van der Waals surface area contributed by atoms with Gasteiger partial charge in [0.1, 0.15) is 17.7 Å². The summed E-state index contributed by atoms with van der Waals surface area (Å²) >= 11 is 0. The summed E-state index contributed by atoms with van der Waals surface area (Å²) in [6.07, 6.45) is 7.06. The lowest BCUT2D eigenvalue weighted by Gasteiger charge is -2.44. The van der Waals surface area contributed by atoms with Gasteiger partial charge in [-0.1, -0.05) is 30.7 Å². The van der Waals surface area contributed by atoms with Gasteiger partial charge in [0.25, 0.3) is 11.8 Å². The van der Waals surface area contributed by atoms with Crippen molar-refractivity contribution in [1.29, 1.82) is 0 Å². The van der Waals surface area contributed by atoms with E-state index in [4.69, 9.17) is 9.15 Å². The number of rotatable bonds is 6. The maximum atomic E-state index is 13.8. The van der Waals surface area contributed by atoms with Gasteiger partial charge in [-0.05, 0) is 72.9 Å². The molecule has 2 amide bonds. The summed E-state index contributed by atoms with van der Waals surface area (Å²) in [7, 11) is 0. The van der Waals surface area contributed by atoms with Gasteiger partial charge >= 0.3 is 0 Å². The molecule has 5 rings (SSSR count). The number of amides is 2. The fourth-order valence-electron chi connectivity index (χ4n) is 4.76. The first-order chi connectivity index (χ1) is 17.1. The number of nitrogens with one attached hydrogen (secondary N) is 1. The van der Waals surface area contributed by atoms with Crippen molar-refractivity contribution in [3.05, 3.63) is 101 Å². The molecular weight excluding hydrogens is 447 g/mol. The van der Waals surface area contributed by atoms with E-state index >= 15 is 0 Å². The Morgan fingerprint density at radius 2 is 1.91 bits per heavy atom. The van der Waals surface area contributed by atoms with Crippen LogP contribution < -0.4 is 5.32 Å². The average Bonchev–Trinajstić information content (AvgIpc) is 3.39. The number of fused-ring (bicyclic) bond motifs is 1. The minimum atomic E-state index is -0.313. The van der Waals surface area contributed by atoms with E-state index in [-0.39, 0.29) is 35.5 Å². The largest absolute Gasteiger partial charge is 0.482 e. The predicted octanol–water partition coefficient (Wildman–Crippen LogP) is 5.06. The first kappa shape index (κ1) is 22.9. The number of morpholine rings is 1. The molecule has 2 atom stereocenters. The molecule has 2 unspecified atom stereocenters. The molecule has 180 valence electrons. The second kappa shape index (κ2) is 10.2. The molecule has 0 radical (unpaired) electrons. The minimum Gasteiger partial charge on any atom is -0.482 e. The topological polar surface area (TPSA) is 71.8 Å². The monoisotopic (exact) mass is 474 g/mol. The van der Waals surface area contributed by atoms with Gasteiger partial charge in [0.05, 0.1) is 18.8 Å². The van der Waals surface area contributed by atoms with E-state index in [0.717, 1.165) is 36.8 Å². The number of carbonyl (C=O) groups is 2. The van der Waals surface area contributed by atoms with Crippen LogP contribution in [0.15, 0.2) is 77.1 Å². The lowest BCUT2D eigenvalue weighted by Crippen LogP contribution is -2.54. The number of nitrogens with zero attached hydrogens (tertiary/aromatic N) is 1. The van der Waals surface area contributed by atoms with E-state index in [9.17, 15) is 14.0 Å². The number of furan rings is 1. The third-order valence-corrected chi connectivity index (χ3v) is 6.53. The Kier molecular flexibility index (Phi) is 6.66. The number of hydrogen-bond donors (Lipinski definition) is 1. The van der Waals surface area contributed by atoms with Crippen LogP contribution in [-0.4, -0.2) is 28.9 Å². The summed E-state index contributed by atoms with van der Waals surface area (Å²) in [5.41, 5.74) is 2.03. The van der Waals surface area contributed by atoms with Crippen molar-refractivity contribution in [2.75, 3.05) is 0 Å². The molecule has 3 aromatic rings. The molecular formula is C28H27FN2O4. The highest BCUT2D eigenvalue weighted by molar-refractivity contribution is 5.97. The zero-order valence-electron chi connectivity index (χ0n) is 19.3. The van der Waals surface area contributed by atoms with Gasteiger partial charge in [-0.25, -0.2) is 4.39 Å². The summed E-state index contributed by atoms with van der Waals surface area (Å²) in [5.74, 6) is 0.234. The van der Waals surface area contributed by atoms with E-state index in [2.05, 4.69) is 5.32 Å². The Morgan fingerprint density at radius 3 is 2.69 bits per heavy atom. The zero-order valence-corrected chi connectivity index (χ0v) is 19.3. The summed E-state index contributed by atoms with van der Waals surface area (Å²) in [5, 5.41) is 2.81. The normalized spacial score (nSPS) is 20.9. The number of hydrogen-bond acceptors (Lipinski definition) is 4. The molecule has 2 heterocycles. The SMILES string of the molecule is O=C(NCc1ccco1)c1ccc(/C=C2\OC3CCCCC3N(Cc3cccc(F)c3)C2=O)cc1. The van der Waals surface area contributed by atoms with E-state index in [1.165, 1.54) is 12.1 Å². The lowest BCUT2D eigenvalue weighted by molar-refractivity contribution is -0.149. The zero-order chi connectivity index (χ0) is 24.2. The van der Waals surface area contributed by atoms with Crippen LogP contribution in [0.4, 0.5) is 4.39 Å². The molecule has 1 aliphatic heterocycles. The molecule has 2 aromatic carbocycles. The lowest BCUT2D eigenvalue weighted by atomic mass is 9.89. The van der Waals surface area contributed by atoms with E-state index in [0.29, 0.717) is 24.4 Å². The smallest absolute Gasteiger partial charge is 0.289 e. The molecule has 1 saturated carbocycles. The number of ether oxygens (including phenoxy) is 1. The molecule has 1 aromatic heterocycles. The summed E-state index contributed by atoms with van der Waals surface area (Å²) in [6.45, 7) is 0.650. The van der Waals surface area contributed by atoms with Gasteiger partial charge < -0.3 is 19.4 Å². The summed E-state index contributed by atoms with van der Waals surface area (Å²) in [4.78, 5) is 27.6. The molecule has 2 fully saturated rings. The van der Waals surface area contributed by atoms with Crippen molar-refractivity contribution >= 4 is 17.9 Å². The molecule has 0 bridgehead atoms. The van der Waals surface area contributed by atoms with Crippen molar-refractivity contribution in [2.45, 2.75) is 50.9 Å². The Balaban J connectivity index is 1.32. The Hall–Kier alpha value is -3.87. The van der Waals surface area contributed by atoms with Gasteiger partial charge in [-0.3, -0.25) is 9.59 Å². The van der Waals surface area contributed by atoms with Crippen molar-refractivity contribution in [2.24, 2.45) is 0 Å². The van der Waals surface area contributed by atoms with Crippen molar-refractivity contribution in [3.63, 3.8) is 0 Å². The maximum Gasteiger partial charge on any atom is 0.289 e. The third-order valence-electron chi connectivity index (χ3n) is 6.53. The number of carbonyl (C=O) groups excluding carboxylic acids is 2. The highest BCUT2D eigenvalue weighted by atomic mass is 19.1. The van der Waals surface area contributed by atoms with Crippen LogP contribution in [0.25, 0.3) is 6.08 Å². The Bertz CT molecular complexity index is 1220. The van der Waals surface area contributed by atoms with Gasteiger partial charge in [0.15, 0.2) is 5.76 Å². The third kappa shape index (κ3) is 5.29. The van der Waals surface area contributed by atoms with E-state index in [1.54, 1.807) is 54.8 Å². The van der Waals surface area contributed by atoms with Crippen LogP contribution in [0.3, 0.4) is 0 Å². The highest BCUT2D eigenvalue weighted by Gasteiger charge is 2.41. The number of benzene rings is 2. The minimum absolute atomic E-state index is 0.0168. The van der Waals surface area contributed by atoms with Crippen molar-refractivity contribution < 1.29 is 23.1 Å². The molecule has 1 aliphatic carbocycles. The van der Waals surface area contributed by atoms with Crippen LogP contribution in [0.2, 0.25) is 0 Å². The fraction of sp³-hybridized carbons (Fsp3) is 0.286. The molecule has 1 saturated heterocycles. The van der Waals surface area contributed by atoms with Crippen LogP contribution in [0.5, 0.6) is 0 Å². The summed E-state index contributed by atoms with van der Waals surface area (Å²) in [6, 6.07) is 16.9. The first-order valence-corrected chi connectivity index (χ1v) is 11.9. The molecule has 6 nitrogen and oxygen atoms in total. The van der Waals surface area contributed by atoms with Gasteiger partial charge in [-0.2, -0.15) is 0 Å². The van der Waals surface area contributed by atoms with Crippen molar-refractivity contribution in [3.8, 4) is 0 Å². The van der Waals surface area contributed by atoms with E-state index in [1.807, 2.05) is 11.0 Å². The predicted molar refractivity (Wildman–Crippen MR) is 128 cm³/mol. The van der Waals surface area contributed by atoms with Crippen LogP contribution in [0, 0.1) is 5.82 Å². The quantitative estimate of drug-likeness (QED) is 0.507. The van der Waals surface area contributed by atoms with Crippen molar-refractivity contribution in [1.82, 2.24) is 10.2 Å². The standard InChI is InChI=1S/C28H27FN2O4/c29-22-6-3-5-20(15-22)18-31-24-8-1-2-9-25(24)35-26(28(31)33)16-19-10-12-21(13-11-19)27(32)30-17-23-7-4-14-34-23/h3-7,10-16,24-25H,1-2,8-9,17-18H2,(H,30,32)/b26-16-. The Morgan fingerprint density at radius 1 is 1.09 bits per heavy atom. The van der Waals surface area contributed by atoms with Crippen LogP contribution in [-0.2, 0) is 22.6 Å². The van der Waals surface area contributed by atoms with Gasteiger partial charge in [-0.15, -0.1) is 0 Å². The first-order valence-electron chi connectivity index (χ1n) is 11.9. The molecule has 7 heteroatoms. The summed E-state index contributed by atoms with van der Waals surface area (Å²) < 4.78 is 25.1. The highest BCUT2D eigenvalue weighted by Crippen LogP contribution is 2.34. The maximum absolute atomic E-state index is 13.8. The second-order valence-electron chi connectivity index (χ2n) is 8.96. The molecule has 35 heavy (non-hydrogen) atoms. The molecule has 0 spiro atoms. The second-order valence-corrected chi connectivity index (χ2v) is 8.96. The fourth-order valence-corrected chi connectivity index (χ4v) is 4.76. The number of halogens is 1. The van der Waals surface area contributed by atoms with Crippen LogP contribution in [0.1, 0.15) is 52.9 Å². The van der Waals surface area contributed by atoms with Gasteiger partial charge in [0, 0.05) is 12.1 Å². The Labute approximate surface area is 203 Å². The van der Waals surface area contributed by atoms with Crippen LogP contribution >= 0.6 is 0 Å². The molecule has 1 N–H and O–H groups in total. The average molecular weight is 475 g/mol. The molecule has 2 aliphatic rings. The van der Waals surface area contributed by atoms with E-state index < -0.39 is 0 Å². The van der Waals surface area contributed by atoms with Gasteiger partial charge in [0.2, 0.25) is 0 Å².